The summed E-state index contributed by atoms with van der Waals surface area (Å²) < 4.78 is 28.1. The third-order valence-electron chi connectivity index (χ3n) is 5.27. The Kier molecular flexibility index (Phi) is 5.97. The van der Waals surface area contributed by atoms with E-state index in [9.17, 15) is 13.2 Å². The Bertz CT molecular complexity index is 1380. The number of aryl methyl sites for hydroxylation is 2. The van der Waals surface area contributed by atoms with E-state index in [0.29, 0.717) is 11.4 Å². The number of amides is 1. The Labute approximate surface area is 188 Å². The smallest absolute Gasteiger partial charge is 0.264 e. The first-order chi connectivity index (χ1) is 15.3. The van der Waals surface area contributed by atoms with Crippen molar-refractivity contribution in [2.75, 3.05) is 16.2 Å². The molecule has 32 heavy (non-hydrogen) atoms. The lowest BCUT2D eigenvalue weighted by Gasteiger charge is -2.26. The van der Waals surface area contributed by atoms with Gasteiger partial charge in [0.15, 0.2) is 0 Å². The molecule has 4 aromatic rings. The number of hydrogen-bond acceptors (Lipinski definition) is 3. The van der Waals surface area contributed by atoms with Crippen molar-refractivity contribution in [1.82, 2.24) is 0 Å². The highest BCUT2D eigenvalue weighted by atomic mass is 32.2. The molecule has 0 aliphatic heterocycles. The van der Waals surface area contributed by atoms with Crippen molar-refractivity contribution in [3.05, 3.63) is 102 Å². The molecule has 4 aromatic carbocycles. The zero-order chi connectivity index (χ0) is 22.7. The number of nitrogens with one attached hydrogen (secondary N) is 1. The van der Waals surface area contributed by atoms with Crippen LogP contribution in [0.2, 0.25) is 0 Å². The number of carbonyl (C=O) groups is 1. The molecule has 0 atom stereocenters. The number of rotatable bonds is 6. The minimum Gasteiger partial charge on any atom is -0.324 e. The van der Waals surface area contributed by atoms with Gasteiger partial charge >= 0.3 is 0 Å². The topological polar surface area (TPSA) is 66.5 Å². The van der Waals surface area contributed by atoms with Crippen LogP contribution in [0.1, 0.15) is 11.1 Å². The second kappa shape index (κ2) is 8.85. The maximum absolute atomic E-state index is 13.5. The number of nitrogens with zero attached hydrogens (tertiary/aromatic N) is 1. The molecule has 0 aliphatic carbocycles. The first kappa shape index (κ1) is 21.6. The molecule has 0 bridgehead atoms. The Hall–Kier alpha value is -3.64. The molecule has 0 aliphatic rings. The average molecular weight is 445 g/mol. The molecular weight excluding hydrogens is 420 g/mol. The third-order valence-corrected chi connectivity index (χ3v) is 7.05. The summed E-state index contributed by atoms with van der Waals surface area (Å²) >= 11 is 0. The van der Waals surface area contributed by atoms with Gasteiger partial charge in [0, 0.05) is 5.69 Å². The zero-order valence-electron chi connectivity index (χ0n) is 17.9. The second-order valence-corrected chi connectivity index (χ2v) is 9.59. The lowest BCUT2D eigenvalue weighted by molar-refractivity contribution is -0.114. The lowest BCUT2D eigenvalue weighted by atomic mass is 10.1. The SMILES string of the molecule is Cc1ccc(N(CC(=O)Nc2ccc3ccccc3c2)S(=O)(=O)c2ccccc2)c(C)c1. The van der Waals surface area contributed by atoms with E-state index in [2.05, 4.69) is 5.32 Å². The molecule has 0 fully saturated rings. The van der Waals surface area contributed by atoms with Crippen LogP contribution in [0.15, 0.2) is 95.9 Å². The van der Waals surface area contributed by atoms with Gasteiger partial charge in [-0.15, -0.1) is 0 Å². The first-order valence-corrected chi connectivity index (χ1v) is 11.7. The fraction of sp³-hybridized carbons (Fsp3) is 0.115. The molecule has 5 nitrogen and oxygen atoms in total. The quantitative estimate of drug-likeness (QED) is 0.439. The number of sulfonamides is 1. The van der Waals surface area contributed by atoms with Crippen molar-refractivity contribution in [2.45, 2.75) is 18.7 Å². The Morgan fingerprint density at radius 1 is 0.812 bits per heavy atom. The van der Waals surface area contributed by atoms with E-state index in [4.69, 9.17) is 0 Å². The predicted molar refractivity (Wildman–Crippen MR) is 129 cm³/mol. The van der Waals surface area contributed by atoms with Crippen LogP contribution in [-0.4, -0.2) is 20.9 Å². The molecule has 0 saturated carbocycles. The van der Waals surface area contributed by atoms with Crippen LogP contribution in [0.4, 0.5) is 11.4 Å². The molecule has 0 unspecified atom stereocenters. The minimum absolute atomic E-state index is 0.137. The van der Waals surface area contributed by atoms with Gasteiger partial charge in [0.05, 0.1) is 10.6 Å². The van der Waals surface area contributed by atoms with E-state index >= 15 is 0 Å². The third kappa shape index (κ3) is 4.50. The molecule has 0 heterocycles. The fourth-order valence-corrected chi connectivity index (χ4v) is 5.21. The molecule has 162 valence electrons. The van der Waals surface area contributed by atoms with Gasteiger partial charge < -0.3 is 5.32 Å². The molecule has 0 spiro atoms. The van der Waals surface area contributed by atoms with Gasteiger partial charge in [0.1, 0.15) is 6.54 Å². The van der Waals surface area contributed by atoms with Crippen LogP contribution in [0, 0.1) is 13.8 Å². The molecule has 4 rings (SSSR count). The number of hydrogen-bond donors (Lipinski definition) is 1. The van der Waals surface area contributed by atoms with Gasteiger partial charge in [-0.05, 0) is 60.5 Å². The molecule has 1 N–H and O–H groups in total. The normalized spacial score (nSPS) is 11.3. The summed E-state index contributed by atoms with van der Waals surface area (Å²) in [6, 6.07) is 27.1. The van der Waals surface area contributed by atoms with Gasteiger partial charge in [0.25, 0.3) is 10.0 Å². The summed E-state index contributed by atoms with van der Waals surface area (Å²) in [6.45, 7) is 3.45. The maximum Gasteiger partial charge on any atom is 0.264 e. The first-order valence-electron chi connectivity index (χ1n) is 10.3. The largest absolute Gasteiger partial charge is 0.324 e. The van der Waals surface area contributed by atoms with Crippen LogP contribution in [0.5, 0.6) is 0 Å². The number of fused-ring (bicyclic) bond motifs is 1. The van der Waals surface area contributed by atoms with E-state index < -0.39 is 15.9 Å². The zero-order valence-corrected chi connectivity index (χ0v) is 18.8. The number of benzene rings is 4. The maximum atomic E-state index is 13.5. The average Bonchev–Trinajstić information content (AvgIpc) is 2.78. The summed E-state index contributed by atoms with van der Waals surface area (Å²) in [6.07, 6.45) is 0. The standard InChI is InChI=1S/C26H24N2O3S/c1-19-12-15-25(20(2)16-19)28(32(30,31)24-10-4-3-5-11-24)18-26(29)27-23-14-13-21-8-6-7-9-22(21)17-23/h3-17H,18H2,1-2H3,(H,27,29). The van der Waals surface area contributed by atoms with Gasteiger partial charge in [-0.2, -0.15) is 0 Å². The van der Waals surface area contributed by atoms with Crippen LogP contribution in [-0.2, 0) is 14.8 Å². The van der Waals surface area contributed by atoms with Crippen molar-refractivity contribution >= 4 is 38.1 Å². The molecule has 1 amide bonds. The monoisotopic (exact) mass is 444 g/mol. The highest BCUT2D eigenvalue weighted by molar-refractivity contribution is 7.92. The van der Waals surface area contributed by atoms with E-state index in [-0.39, 0.29) is 11.4 Å². The van der Waals surface area contributed by atoms with Crippen molar-refractivity contribution in [2.24, 2.45) is 0 Å². The molecule has 0 saturated heterocycles. The summed E-state index contributed by atoms with van der Waals surface area (Å²) in [5.41, 5.74) is 2.89. The van der Waals surface area contributed by atoms with Gasteiger partial charge in [-0.3, -0.25) is 9.10 Å². The van der Waals surface area contributed by atoms with Crippen LogP contribution >= 0.6 is 0 Å². The highest BCUT2D eigenvalue weighted by Crippen LogP contribution is 2.28. The fourth-order valence-electron chi connectivity index (χ4n) is 3.70. The van der Waals surface area contributed by atoms with Crippen molar-refractivity contribution in [1.29, 1.82) is 0 Å². The summed E-state index contributed by atoms with van der Waals surface area (Å²) in [5, 5.41) is 4.90. The summed E-state index contributed by atoms with van der Waals surface area (Å²) in [5.74, 6) is -0.417. The van der Waals surface area contributed by atoms with Crippen LogP contribution in [0.3, 0.4) is 0 Å². The lowest BCUT2D eigenvalue weighted by Crippen LogP contribution is -2.38. The van der Waals surface area contributed by atoms with Crippen molar-refractivity contribution in [3.8, 4) is 0 Å². The Morgan fingerprint density at radius 2 is 1.50 bits per heavy atom. The Morgan fingerprint density at radius 3 is 2.22 bits per heavy atom. The van der Waals surface area contributed by atoms with Crippen molar-refractivity contribution in [3.63, 3.8) is 0 Å². The van der Waals surface area contributed by atoms with E-state index in [0.717, 1.165) is 21.9 Å². The summed E-state index contributed by atoms with van der Waals surface area (Å²) in [4.78, 5) is 13.1. The summed E-state index contributed by atoms with van der Waals surface area (Å²) in [7, 11) is -3.94. The van der Waals surface area contributed by atoms with Gasteiger partial charge in [0.2, 0.25) is 5.91 Å². The van der Waals surface area contributed by atoms with Crippen molar-refractivity contribution < 1.29 is 13.2 Å². The van der Waals surface area contributed by atoms with Gasteiger partial charge in [-0.25, -0.2) is 8.42 Å². The molecular formula is C26H24N2O3S. The van der Waals surface area contributed by atoms with Crippen LogP contribution < -0.4 is 9.62 Å². The van der Waals surface area contributed by atoms with E-state index in [1.54, 1.807) is 24.3 Å². The van der Waals surface area contributed by atoms with E-state index in [1.165, 1.54) is 16.4 Å². The molecule has 6 heteroatoms. The van der Waals surface area contributed by atoms with E-state index in [1.807, 2.05) is 68.4 Å². The number of carbonyl (C=O) groups excluding carboxylic acids is 1. The predicted octanol–water partition coefficient (Wildman–Crippen LogP) is 5.29. The molecule has 0 aromatic heterocycles. The highest BCUT2D eigenvalue weighted by Gasteiger charge is 2.28. The minimum atomic E-state index is -3.94. The Balaban J connectivity index is 1.67. The number of anilines is 2. The molecule has 0 radical (unpaired) electrons. The van der Waals surface area contributed by atoms with Gasteiger partial charge in [-0.1, -0.05) is 66.2 Å². The second-order valence-electron chi connectivity index (χ2n) is 7.72. The van der Waals surface area contributed by atoms with Crippen LogP contribution in [0.25, 0.3) is 10.8 Å².